The molecule has 0 aliphatic carbocycles. The summed E-state index contributed by atoms with van der Waals surface area (Å²) in [6.45, 7) is 3.17. The van der Waals surface area contributed by atoms with Gasteiger partial charge in [-0.05, 0) is 86.1 Å². The van der Waals surface area contributed by atoms with Crippen LogP contribution in [-0.2, 0) is 0 Å². The van der Waals surface area contributed by atoms with Crippen molar-refractivity contribution >= 4 is 34.0 Å². The number of hydrogen-bond acceptors (Lipinski definition) is 10. The van der Waals surface area contributed by atoms with E-state index in [1.807, 2.05) is 0 Å². The first-order chi connectivity index (χ1) is 25.9. The Morgan fingerprint density at radius 2 is 1.29 bits per heavy atom. The van der Waals surface area contributed by atoms with Gasteiger partial charge in [0, 0.05) is 47.0 Å². The van der Waals surface area contributed by atoms with Gasteiger partial charge in [-0.25, -0.2) is 18.7 Å². The summed E-state index contributed by atoms with van der Waals surface area (Å²) in [5.41, 5.74) is 7.10. The van der Waals surface area contributed by atoms with E-state index >= 15 is 0 Å². The molecule has 0 aliphatic heterocycles. The Morgan fingerprint density at radius 1 is 0.818 bits per heavy atom. The molecule has 0 unspecified atom stereocenters. The van der Waals surface area contributed by atoms with Crippen LogP contribution >= 0.6 is 11.6 Å². The molecule has 5 heterocycles. The SMILES string of the molecule is C.C/C(N)=N\O.Cc1noc(-c2cnc3cc(C#Cc4cccc(F)c4)ccn3c2=O)n1.O=C(Cl)c1cnc2cc(C#Cc3cccc(F)c3)ccn2c1=O. The number of oxime groups is 1. The van der Waals surface area contributed by atoms with Crippen molar-refractivity contribution in [2.75, 3.05) is 0 Å². The van der Waals surface area contributed by atoms with Crippen molar-refractivity contribution in [1.82, 2.24) is 28.9 Å². The highest BCUT2D eigenvalue weighted by atomic mass is 35.5. The Balaban J connectivity index is 0.000000216. The Labute approximate surface area is 316 Å². The number of nitrogens with zero attached hydrogens (tertiary/aromatic N) is 7. The Kier molecular flexibility index (Phi) is 13.4. The average Bonchev–Trinajstić information content (AvgIpc) is 3.59. The van der Waals surface area contributed by atoms with Crippen molar-refractivity contribution in [2.24, 2.45) is 10.9 Å². The fourth-order valence-corrected chi connectivity index (χ4v) is 4.54. The van der Waals surface area contributed by atoms with Gasteiger partial charge in [0.25, 0.3) is 22.3 Å². The minimum atomic E-state index is -0.855. The summed E-state index contributed by atoms with van der Waals surface area (Å²) < 4.78 is 33.9. The van der Waals surface area contributed by atoms with Crippen LogP contribution in [0.25, 0.3) is 22.7 Å². The van der Waals surface area contributed by atoms with Gasteiger partial charge in [-0.2, -0.15) is 4.98 Å². The third kappa shape index (κ3) is 10.5. The molecule has 55 heavy (non-hydrogen) atoms. The fraction of sp³-hybridized carbons (Fsp3) is 0.0769. The number of fused-ring (bicyclic) bond motifs is 2. The second-order valence-corrected chi connectivity index (χ2v) is 11.3. The molecule has 0 saturated carbocycles. The summed E-state index contributed by atoms with van der Waals surface area (Å²) in [5, 5.41) is 13.0. The third-order valence-electron chi connectivity index (χ3n) is 6.90. The lowest BCUT2D eigenvalue weighted by atomic mass is 10.2. The molecule has 0 saturated heterocycles. The quantitative estimate of drug-likeness (QED) is 0.0562. The zero-order valence-corrected chi connectivity index (χ0v) is 28.9. The Morgan fingerprint density at radius 3 is 1.73 bits per heavy atom. The molecule has 2 aromatic carbocycles. The molecule has 13 nitrogen and oxygen atoms in total. The lowest BCUT2D eigenvalue weighted by Gasteiger charge is -2.01. The number of aryl methyl sites for hydroxylation is 1. The lowest BCUT2D eigenvalue weighted by molar-refractivity contribution is 0.107. The first-order valence-electron chi connectivity index (χ1n) is 15.4. The highest BCUT2D eigenvalue weighted by molar-refractivity contribution is 6.67. The van der Waals surface area contributed by atoms with Gasteiger partial charge in [0.05, 0.1) is 0 Å². The van der Waals surface area contributed by atoms with E-state index in [-0.39, 0.29) is 47.5 Å². The van der Waals surface area contributed by atoms with Crippen LogP contribution in [0, 0.1) is 42.2 Å². The van der Waals surface area contributed by atoms with E-state index in [0.717, 1.165) is 6.20 Å². The fourth-order valence-electron chi connectivity index (χ4n) is 4.41. The van der Waals surface area contributed by atoms with Crippen molar-refractivity contribution in [3.63, 3.8) is 0 Å². The summed E-state index contributed by atoms with van der Waals surface area (Å²) in [7, 11) is 0. The molecule has 7 rings (SSSR count). The van der Waals surface area contributed by atoms with Crippen molar-refractivity contribution in [2.45, 2.75) is 21.3 Å². The predicted molar refractivity (Wildman–Crippen MR) is 202 cm³/mol. The lowest BCUT2D eigenvalue weighted by Crippen LogP contribution is -2.20. The Hall–Kier alpha value is -7.49. The average molecular weight is 763 g/mol. The molecule has 3 N–H and O–H groups in total. The number of nitrogens with two attached hydrogens (primary N) is 1. The Bertz CT molecular complexity index is 2810. The van der Waals surface area contributed by atoms with Gasteiger partial charge in [-0.3, -0.25) is 23.2 Å². The van der Waals surface area contributed by atoms with Crippen LogP contribution in [-0.4, -0.2) is 45.2 Å². The number of carbonyl (C=O) groups is 1. The van der Waals surface area contributed by atoms with E-state index < -0.39 is 10.8 Å². The maximum atomic E-state index is 13.2. The van der Waals surface area contributed by atoms with Gasteiger partial charge in [0.2, 0.25) is 0 Å². The zero-order valence-electron chi connectivity index (χ0n) is 28.2. The second-order valence-electron chi connectivity index (χ2n) is 10.9. The number of aromatic nitrogens is 6. The molecular weight excluding hydrogens is 734 g/mol. The summed E-state index contributed by atoms with van der Waals surface area (Å²) >= 11 is 5.33. The predicted octanol–water partition coefficient (Wildman–Crippen LogP) is 5.59. The molecule has 0 spiro atoms. The molecule has 0 radical (unpaired) electrons. The van der Waals surface area contributed by atoms with Crippen molar-refractivity contribution in [3.8, 4) is 35.1 Å². The number of carbonyl (C=O) groups excluding carboxylic acids is 1. The van der Waals surface area contributed by atoms with Crippen molar-refractivity contribution in [1.29, 1.82) is 0 Å². The van der Waals surface area contributed by atoms with Gasteiger partial charge >= 0.3 is 0 Å². The summed E-state index contributed by atoms with van der Waals surface area (Å²) in [4.78, 5) is 48.1. The maximum absolute atomic E-state index is 13.2. The number of halogens is 3. The van der Waals surface area contributed by atoms with Gasteiger partial charge < -0.3 is 15.5 Å². The molecule has 0 atom stereocenters. The van der Waals surface area contributed by atoms with E-state index in [2.05, 4.69) is 48.9 Å². The van der Waals surface area contributed by atoms with Crippen LogP contribution in [0.1, 0.15) is 52.8 Å². The molecule has 0 aliphatic rings. The minimum absolute atomic E-state index is 0. The van der Waals surface area contributed by atoms with E-state index in [1.165, 1.54) is 52.4 Å². The molecule has 276 valence electrons. The minimum Gasteiger partial charge on any atom is -0.409 e. The molecule has 0 amide bonds. The molecule has 0 bridgehead atoms. The van der Waals surface area contributed by atoms with Crippen LogP contribution in [0.15, 0.2) is 117 Å². The monoisotopic (exact) mass is 762 g/mol. The van der Waals surface area contributed by atoms with Gasteiger partial charge in [0.1, 0.15) is 39.9 Å². The molecule has 16 heteroatoms. The van der Waals surface area contributed by atoms with Crippen LogP contribution in [0.5, 0.6) is 0 Å². The van der Waals surface area contributed by atoms with E-state index in [1.54, 1.807) is 61.7 Å². The summed E-state index contributed by atoms with van der Waals surface area (Å²) in [6, 6.07) is 18.5. The van der Waals surface area contributed by atoms with Crippen LogP contribution < -0.4 is 16.9 Å². The highest BCUT2D eigenvalue weighted by Gasteiger charge is 2.14. The number of amidine groups is 1. The van der Waals surface area contributed by atoms with Gasteiger partial charge in [0.15, 0.2) is 5.82 Å². The summed E-state index contributed by atoms with van der Waals surface area (Å²) in [5.74, 6) is 11.6. The number of rotatable bonds is 2. The smallest absolute Gasteiger partial charge is 0.270 e. The third-order valence-corrected chi connectivity index (χ3v) is 7.10. The van der Waals surface area contributed by atoms with Crippen LogP contribution in [0.2, 0.25) is 0 Å². The first-order valence-corrected chi connectivity index (χ1v) is 15.8. The van der Waals surface area contributed by atoms with E-state index in [9.17, 15) is 23.2 Å². The van der Waals surface area contributed by atoms with Crippen molar-refractivity contribution < 1.29 is 23.3 Å². The largest absolute Gasteiger partial charge is 0.409 e. The normalized spacial score (nSPS) is 10.3. The topological polar surface area (TPSA) is 183 Å². The molecule has 7 aromatic rings. The van der Waals surface area contributed by atoms with Gasteiger partial charge in [-0.1, -0.05) is 53.6 Å². The van der Waals surface area contributed by atoms with E-state index in [4.69, 9.17) is 27.1 Å². The van der Waals surface area contributed by atoms with Crippen LogP contribution in [0.3, 0.4) is 0 Å². The second kappa shape index (κ2) is 18.3. The van der Waals surface area contributed by atoms with Crippen molar-refractivity contribution in [3.05, 3.63) is 164 Å². The number of hydrogen-bond donors (Lipinski definition) is 2. The zero-order chi connectivity index (χ0) is 38.8. The summed E-state index contributed by atoms with van der Waals surface area (Å²) in [6.07, 6.45) is 5.57. The highest BCUT2D eigenvalue weighted by Crippen LogP contribution is 2.13. The molecular formula is C39H29ClF2N8O5. The molecule has 0 fully saturated rings. The first kappa shape index (κ1) is 40.3. The maximum Gasteiger partial charge on any atom is 0.270 e. The van der Waals surface area contributed by atoms with E-state index in [0.29, 0.717) is 39.4 Å². The molecule has 5 aromatic heterocycles. The number of pyridine rings is 2. The van der Waals surface area contributed by atoms with Crippen LogP contribution in [0.4, 0.5) is 8.78 Å². The standard InChI is InChI=1S/C19H11FN4O2.C17H8ClFN2O2.C2H6N2O.CH4/c1-12-22-18(26-23-12)16-11-21-17-10-14(7-8-24(17)19(16)25)6-5-13-3-2-4-15(20)9-13;18-16(22)14-10-20-15-9-12(6-7-21(15)17(14)23)5-4-11-2-1-3-13(19)8-11;1-2(3)4-5;/h2-4,7-11H,1H3;1-3,6-10H;5H,1H3,(H2,3,4);1H4. The number of benzene rings is 2. The van der Waals surface area contributed by atoms with Gasteiger partial charge in [-0.15, -0.1) is 0 Å².